The number of nitrogens with zero attached hydrogens (tertiary/aromatic N) is 2. The number of aromatic nitrogens is 1. The van der Waals surface area contributed by atoms with E-state index in [1.807, 2.05) is 0 Å². The van der Waals surface area contributed by atoms with Crippen molar-refractivity contribution in [3.8, 4) is 5.75 Å². The van der Waals surface area contributed by atoms with Gasteiger partial charge in [-0.25, -0.2) is 8.78 Å². The molecule has 156 valence electrons. The minimum atomic E-state index is -1.03. The molecule has 0 saturated carbocycles. The van der Waals surface area contributed by atoms with E-state index >= 15 is 0 Å². The van der Waals surface area contributed by atoms with E-state index in [0.29, 0.717) is 11.8 Å². The summed E-state index contributed by atoms with van der Waals surface area (Å²) in [7, 11) is 0. The summed E-state index contributed by atoms with van der Waals surface area (Å²) in [4.78, 5) is 39.2. The first kappa shape index (κ1) is 19.6. The van der Waals surface area contributed by atoms with Gasteiger partial charge in [0.25, 0.3) is 11.8 Å². The maximum atomic E-state index is 13.8. The number of carbonyl (C=O) groups excluding carboxylic acids is 2. The van der Waals surface area contributed by atoms with Gasteiger partial charge in [-0.15, -0.1) is 0 Å². The predicted octanol–water partition coefficient (Wildman–Crippen LogP) is 1.30. The number of aromatic hydroxyl groups is 1. The van der Waals surface area contributed by atoms with Crippen molar-refractivity contribution in [3.63, 3.8) is 0 Å². The summed E-state index contributed by atoms with van der Waals surface area (Å²) in [6, 6.07) is 2.30. The molecule has 1 aromatic carbocycles. The van der Waals surface area contributed by atoms with E-state index in [1.165, 1.54) is 15.5 Å². The van der Waals surface area contributed by atoms with Crippen LogP contribution >= 0.6 is 0 Å². The molecule has 8 nitrogen and oxygen atoms in total. The third-order valence-corrected chi connectivity index (χ3v) is 5.15. The highest BCUT2D eigenvalue weighted by molar-refractivity contribution is 5.99. The van der Waals surface area contributed by atoms with Gasteiger partial charge < -0.3 is 24.6 Å². The van der Waals surface area contributed by atoms with E-state index in [1.54, 1.807) is 0 Å². The van der Waals surface area contributed by atoms with Gasteiger partial charge in [0.05, 0.1) is 6.54 Å². The minimum Gasteiger partial charge on any atom is -0.503 e. The van der Waals surface area contributed by atoms with E-state index in [0.717, 1.165) is 12.3 Å². The van der Waals surface area contributed by atoms with Crippen LogP contribution in [0, 0.1) is 11.6 Å². The minimum absolute atomic E-state index is 0.0170. The number of hydrogen-bond donors (Lipinski definition) is 2. The Balaban J connectivity index is 1.69. The lowest BCUT2D eigenvalue weighted by Crippen LogP contribution is -2.45. The van der Waals surface area contributed by atoms with Crippen molar-refractivity contribution in [1.82, 2.24) is 14.8 Å². The summed E-state index contributed by atoms with van der Waals surface area (Å²) in [5, 5.41) is 12.8. The molecule has 1 aromatic heterocycles. The summed E-state index contributed by atoms with van der Waals surface area (Å²) in [6.45, 7) is 4.23. The van der Waals surface area contributed by atoms with Crippen molar-refractivity contribution in [2.75, 3.05) is 19.7 Å². The van der Waals surface area contributed by atoms with Gasteiger partial charge in [-0.1, -0.05) is 12.6 Å². The molecular formula is C20H17F2N3O5. The third kappa shape index (κ3) is 3.19. The zero-order valence-corrected chi connectivity index (χ0v) is 15.7. The van der Waals surface area contributed by atoms with Gasteiger partial charge in [0.1, 0.15) is 35.6 Å². The highest BCUT2D eigenvalue weighted by atomic mass is 19.1. The van der Waals surface area contributed by atoms with Crippen LogP contribution < -0.4 is 10.7 Å². The molecule has 0 spiro atoms. The Kier molecular flexibility index (Phi) is 4.76. The first-order chi connectivity index (χ1) is 14.3. The van der Waals surface area contributed by atoms with Crippen molar-refractivity contribution < 1.29 is 28.2 Å². The number of benzene rings is 1. The monoisotopic (exact) mass is 417 g/mol. The molecule has 2 aliphatic heterocycles. The Labute approximate surface area is 169 Å². The molecule has 1 atom stereocenters. The van der Waals surface area contributed by atoms with Crippen LogP contribution in [0.4, 0.5) is 8.78 Å². The van der Waals surface area contributed by atoms with Crippen LogP contribution in [0.25, 0.3) is 0 Å². The molecule has 1 fully saturated rings. The molecule has 30 heavy (non-hydrogen) atoms. The lowest BCUT2D eigenvalue weighted by atomic mass is 10.1. The number of halogens is 2. The number of amides is 2. The Hall–Kier alpha value is -3.69. The van der Waals surface area contributed by atoms with Crippen LogP contribution in [-0.4, -0.2) is 46.1 Å². The number of pyridine rings is 1. The fraction of sp³-hybridized carbons (Fsp3) is 0.250. The molecule has 2 N–H and O–H groups in total. The Bertz CT molecular complexity index is 1140. The summed E-state index contributed by atoms with van der Waals surface area (Å²) in [6.07, 6.45) is 1.16. The van der Waals surface area contributed by atoms with E-state index < -0.39 is 46.2 Å². The summed E-state index contributed by atoms with van der Waals surface area (Å²) in [5.41, 5.74) is -1.69. The van der Waals surface area contributed by atoms with Gasteiger partial charge in [-0.3, -0.25) is 14.4 Å². The number of ether oxygens (including phenoxy) is 1. The fourth-order valence-electron chi connectivity index (χ4n) is 3.54. The van der Waals surface area contributed by atoms with E-state index in [9.17, 15) is 28.3 Å². The molecule has 2 aliphatic rings. The number of hydrogen-bond acceptors (Lipinski definition) is 5. The van der Waals surface area contributed by atoms with Crippen LogP contribution in [0.2, 0.25) is 0 Å². The average molecular weight is 417 g/mol. The highest BCUT2D eigenvalue weighted by Crippen LogP contribution is 2.32. The van der Waals surface area contributed by atoms with Crippen molar-refractivity contribution >= 4 is 11.8 Å². The maximum Gasteiger partial charge on any atom is 0.274 e. The first-order valence-corrected chi connectivity index (χ1v) is 9.09. The van der Waals surface area contributed by atoms with E-state index in [2.05, 4.69) is 11.9 Å². The Morgan fingerprint density at radius 1 is 1.33 bits per heavy atom. The molecule has 2 amide bonds. The van der Waals surface area contributed by atoms with Crippen molar-refractivity contribution in [1.29, 1.82) is 0 Å². The van der Waals surface area contributed by atoms with Crippen molar-refractivity contribution in [2.24, 2.45) is 0 Å². The molecule has 0 aliphatic carbocycles. The summed E-state index contributed by atoms with van der Waals surface area (Å²) < 4.78 is 33.6. The second-order valence-electron chi connectivity index (χ2n) is 6.98. The number of nitrogens with one attached hydrogen (secondary N) is 1. The lowest BCUT2D eigenvalue weighted by molar-refractivity contribution is 0.0687. The molecule has 10 heteroatoms. The van der Waals surface area contributed by atoms with Gasteiger partial charge >= 0.3 is 0 Å². The number of rotatable bonds is 3. The lowest BCUT2D eigenvalue weighted by Gasteiger charge is -2.33. The second kappa shape index (κ2) is 7.29. The zero-order valence-electron chi connectivity index (χ0n) is 15.7. The SMILES string of the molecule is C=C1OCCN2C[C@H]1n1cc(C(=O)NCc3ccc(F)cc3F)c(=O)c(O)c1C2=O. The van der Waals surface area contributed by atoms with Crippen LogP contribution in [0.1, 0.15) is 32.5 Å². The predicted molar refractivity (Wildman–Crippen MR) is 99.9 cm³/mol. The normalized spacial score (nSPS) is 17.8. The molecule has 0 radical (unpaired) electrons. The van der Waals surface area contributed by atoms with Crippen molar-refractivity contribution in [3.05, 3.63) is 75.4 Å². The highest BCUT2D eigenvalue weighted by Gasteiger charge is 2.38. The fourth-order valence-corrected chi connectivity index (χ4v) is 3.54. The third-order valence-electron chi connectivity index (χ3n) is 5.15. The van der Waals surface area contributed by atoms with Gasteiger partial charge in [-0.05, 0) is 6.07 Å². The standard InChI is InChI=1S/C20H17F2N3O5/c1-10-15-9-24(4-5-30-10)20(29)16-18(27)17(26)13(8-25(15)16)19(28)23-7-11-2-3-12(21)6-14(11)22/h2-3,6,8,15,27H,1,4-5,7,9H2,(H,23,28)/t15-/m1/s1. The summed E-state index contributed by atoms with van der Waals surface area (Å²) in [5.74, 6) is -3.58. The largest absolute Gasteiger partial charge is 0.503 e. The molecule has 1 saturated heterocycles. The topological polar surface area (TPSA) is 101 Å². The summed E-state index contributed by atoms with van der Waals surface area (Å²) >= 11 is 0. The second-order valence-corrected chi connectivity index (χ2v) is 6.98. The van der Waals surface area contributed by atoms with Crippen LogP contribution in [-0.2, 0) is 11.3 Å². The van der Waals surface area contributed by atoms with Gasteiger partial charge in [0.2, 0.25) is 5.43 Å². The Morgan fingerprint density at radius 2 is 2.10 bits per heavy atom. The molecule has 4 rings (SSSR count). The molecule has 3 heterocycles. The molecule has 2 aromatic rings. The van der Waals surface area contributed by atoms with E-state index in [4.69, 9.17) is 4.74 Å². The van der Waals surface area contributed by atoms with Gasteiger partial charge in [0, 0.05) is 30.9 Å². The number of carbonyl (C=O) groups is 2. The van der Waals surface area contributed by atoms with Crippen LogP contribution in [0.3, 0.4) is 0 Å². The van der Waals surface area contributed by atoms with Gasteiger partial charge in [-0.2, -0.15) is 0 Å². The van der Waals surface area contributed by atoms with Crippen molar-refractivity contribution in [2.45, 2.75) is 12.6 Å². The van der Waals surface area contributed by atoms with Crippen LogP contribution in [0.15, 0.2) is 41.5 Å². The maximum absolute atomic E-state index is 13.8. The van der Waals surface area contributed by atoms with E-state index in [-0.39, 0.29) is 37.5 Å². The zero-order chi connectivity index (χ0) is 21.6. The quantitative estimate of drug-likeness (QED) is 0.784. The molecule has 0 unspecified atom stereocenters. The Morgan fingerprint density at radius 3 is 2.83 bits per heavy atom. The number of fused-ring (bicyclic) bond motifs is 4. The average Bonchev–Trinajstić information content (AvgIpc) is 2.87. The van der Waals surface area contributed by atoms with Gasteiger partial charge in [0.15, 0.2) is 11.4 Å². The smallest absolute Gasteiger partial charge is 0.274 e. The van der Waals surface area contributed by atoms with Crippen LogP contribution in [0.5, 0.6) is 5.75 Å². The first-order valence-electron chi connectivity index (χ1n) is 9.09. The molecule has 2 bridgehead atoms. The molecular weight excluding hydrogens is 400 g/mol.